The van der Waals surface area contributed by atoms with Gasteiger partial charge in [0.05, 0.1) is 11.3 Å². The van der Waals surface area contributed by atoms with Gasteiger partial charge in [0.25, 0.3) is 11.8 Å². The van der Waals surface area contributed by atoms with Crippen molar-refractivity contribution >= 4 is 51.6 Å². The van der Waals surface area contributed by atoms with Crippen LogP contribution in [0.5, 0.6) is 0 Å². The number of carbonyl (C=O) groups is 3. The van der Waals surface area contributed by atoms with Crippen molar-refractivity contribution in [1.29, 1.82) is 0 Å². The van der Waals surface area contributed by atoms with Crippen LogP contribution in [0, 0.1) is 0 Å². The standard InChI is InChI=1S/C17H18N4O4S2/c1-3-5-9(10-7-27-17(18)19-10)13(22)20-11-14(23)21-12(16(24)25)8(4-2)6-26-15(11)21/h4-5,7,11,15H,2-3,6H2,1H3,(H2,18,19)(H,20,22)(H,24,25)/b9-5-/t11-,15-/m1/s1. The molecule has 27 heavy (non-hydrogen) atoms. The van der Waals surface area contributed by atoms with E-state index in [4.69, 9.17) is 5.73 Å². The number of rotatable bonds is 6. The predicted octanol–water partition coefficient (Wildman–Crippen LogP) is 1.44. The molecular formula is C17H18N4O4S2. The van der Waals surface area contributed by atoms with Crippen molar-refractivity contribution in [2.45, 2.75) is 24.8 Å². The maximum atomic E-state index is 12.7. The van der Waals surface area contributed by atoms with E-state index in [-0.39, 0.29) is 5.70 Å². The maximum Gasteiger partial charge on any atom is 0.352 e. The number of anilines is 1. The summed E-state index contributed by atoms with van der Waals surface area (Å²) in [6, 6.07) is -0.792. The highest BCUT2D eigenvalue weighted by molar-refractivity contribution is 8.00. The van der Waals surface area contributed by atoms with E-state index >= 15 is 0 Å². The molecule has 0 unspecified atom stereocenters. The summed E-state index contributed by atoms with van der Waals surface area (Å²) in [5.74, 6) is -1.66. The molecular weight excluding hydrogens is 388 g/mol. The van der Waals surface area contributed by atoms with Gasteiger partial charge in [-0.1, -0.05) is 25.7 Å². The first-order chi connectivity index (χ1) is 12.9. The topological polar surface area (TPSA) is 126 Å². The van der Waals surface area contributed by atoms with Gasteiger partial charge in [0.15, 0.2) is 5.13 Å². The normalized spacial score (nSPS) is 22.2. The summed E-state index contributed by atoms with van der Waals surface area (Å²) >= 11 is 2.62. The lowest BCUT2D eigenvalue weighted by molar-refractivity contribution is -0.150. The van der Waals surface area contributed by atoms with Crippen molar-refractivity contribution in [2.24, 2.45) is 0 Å². The van der Waals surface area contributed by atoms with Crippen molar-refractivity contribution in [1.82, 2.24) is 15.2 Å². The Morgan fingerprint density at radius 3 is 2.85 bits per heavy atom. The first-order valence-electron chi connectivity index (χ1n) is 8.15. The molecule has 3 rings (SSSR count). The highest BCUT2D eigenvalue weighted by Crippen LogP contribution is 2.40. The largest absolute Gasteiger partial charge is 0.477 e. The molecule has 0 spiro atoms. The molecule has 1 aromatic heterocycles. The second kappa shape index (κ2) is 7.57. The number of carboxylic acids is 1. The molecule has 8 nitrogen and oxygen atoms in total. The lowest BCUT2D eigenvalue weighted by Crippen LogP contribution is -2.70. The Hall–Kier alpha value is -2.59. The van der Waals surface area contributed by atoms with E-state index in [9.17, 15) is 19.5 Å². The minimum absolute atomic E-state index is 0.0687. The summed E-state index contributed by atoms with van der Waals surface area (Å²) < 4.78 is 0. The summed E-state index contributed by atoms with van der Waals surface area (Å²) in [5, 5.41) is 13.7. The number of carbonyl (C=O) groups excluding carboxylic acids is 2. The first kappa shape index (κ1) is 19.2. The molecule has 1 saturated heterocycles. The molecule has 0 radical (unpaired) electrons. The quantitative estimate of drug-likeness (QED) is 0.482. The van der Waals surface area contributed by atoms with Gasteiger partial charge in [-0.2, -0.15) is 0 Å². The van der Waals surface area contributed by atoms with Gasteiger partial charge in [-0.3, -0.25) is 14.5 Å². The molecule has 2 atom stereocenters. The number of thioether (sulfide) groups is 1. The zero-order chi connectivity index (χ0) is 19.7. The second-order valence-corrected chi connectivity index (χ2v) is 7.84. The zero-order valence-electron chi connectivity index (χ0n) is 14.5. The van der Waals surface area contributed by atoms with Crippen LogP contribution < -0.4 is 11.1 Å². The molecule has 10 heteroatoms. The van der Waals surface area contributed by atoms with Gasteiger partial charge in [-0.15, -0.1) is 23.1 Å². The van der Waals surface area contributed by atoms with Gasteiger partial charge in [0.1, 0.15) is 17.1 Å². The summed E-state index contributed by atoms with van der Waals surface area (Å²) in [6.07, 6.45) is 3.77. The van der Waals surface area contributed by atoms with E-state index < -0.39 is 29.2 Å². The summed E-state index contributed by atoms with van der Waals surface area (Å²) in [5.41, 5.74) is 6.87. The fourth-order valence-corrected chi connectivity index (χ4v) is 4.85. The number of thiazole rings is 1. The molecule has 0 aliphatic carbocycles. The molecule has 0 saturated carbocycles. The Balaban J connectivity index is 1.80. The van der Waals surface area contributed by atoms with Crippen LogP contribution in [0.15, 0.2) is 35.4 Å². The fraction of sp³-hybridized carbons (Fsp3) is 0.294. The van der Waals surface area contributed by atoms with Crippen LogP contribution >= 0.6 is 23.1 Å². The van der Waals surface area contributed by atoms with E-state index in [1.807, 2.05) is 6.92 Å². The number of amides is 2. The Morgan fingerprint density at radius 2 is 2.30 bits per heavy atom. The van der Waals surface area contributed by atoms with E-state index in [1.165, 1.54) is 34.1 Å². The minimum atomic E-state index is -1.18. The number of nitrogens with one attached hydrogen (secondary N) is 1. The van der Waals surface area contributed by atoms with Crippen LogP contribution in [0.25, 0.3) is 5.57 Å². The van der Waals surface area contributed by atoms with Crippen LogP contribution in [-0.2, 0) is 14.4 Å². The van der Waals surface area contributed by atoms with Crippen molar-refractivity contribution < 1.29 is 19.5 Å². The number of nitrogens with zero attached hydrogens (tertiary/aromatic N) is 2. The van der Waals surface area contributed by atoms with Gasteiger partial charge in [-0.05, 0) is 12.0 Å². The molecule has 1 fully saturated rings. The number of aliphatic carboxylic acids is 1. The van der Waals surface area contributed by atoms with Crippen LogP contribution in [0.4, 0.5) is 5.13 Å². The Morgan fingerprint density at radius 1 is 1.56 bits per heavy atom. The SMILES string of the molecule is C=CC1=C(C(=O)O)N2C(=O)[C@@H](NC(=O)/C(=C\CC)c3csc(N)n3)[C@H]2SC1. The van der Waals surface area contributed by atoms with Gasteiger partial charge >= 0.3 is 5.97 Å². The first-order valence-corrected chi connectivity index (χ1v) is 10.1. The van der Waals surface area contributed by atoms with Crippen LogP contribution in [0.2, 0.25) is 0 Å². The molecule has 0 bridgehead atoms. The number of allylic oxidation sites excluding steroid dienone is 2. The molecule has 4 N–H and O–H groups in total. The number of nitrogens with two attached hydrogens (primary N) is 1. The maximum absolute atomic E-state index is 12.7. The minimum Gasteiger partial charge on any atom is -0.477 e. The molecule has 2 aliphatic heterocycles. The van der Waals surface area contributed by atoms with E-state index in [2.05, 4.69) is 16.9 Å². The van der Waals surface area contributed by atoms with Gasteiger partial charge in [0, 0.05) is 11.1 Å². The number of carboxylic acid groups (broad SMARTS) is 1. The van der Waals surface area contributed by atoms with Crippen molar-refractivity contribution in [3.8, 4) is 0 Å². The fourth-order valence-electron chi connectivity index (χ4n) is 2.95. The van der Waals surface area contributed by atoms with Crippen molar-refractivity contribution in [2.75, 3.05) is 11.5 Å². The Kier molecular flexibility index (Phi) is 5.38. The van der Waals surface area contributed by atoms with Crippen molar-refractivity contribution in [3.63, 3.8) is 0 Å². The smallest absolute Gasteiger partial charge is 0.352 e. The summed E-state index contributed by atoms with van der Waals surface area (Å²) in [7, 11) is 0. The number of fused-ring (bicyclic) bond motifs is 1. The molecule has 2 aliphatic rings. The monoisotopic (exact) mass is 406 g/mol. The zero-order valence-corrected chi connectivity index (χ0v) is 16.1. The van der Waals surface area contributed by atoms with E-state index in [0.717, 1.165) is 0 Å². The van der Waals surface area contributed by atoms with Crippen LogP contribution in [0.1, 0.15) is 19.0 Å². The van der Waals surface area contributed by atoms with Crippen LogP contribution in [0.3, 0.4) is 0 Å². The van der Waals surface area contributed by atoms with Gasteiger partial charge in [0.2, 0.25) is 0 Å². The Bertz CT molecular complexity index is 889. The molecule has 3 heterocycles. The lowest BCUT2D eigenvalue weighted by Gasteiger charge is -2.49. The number of β-lactam (4-membered cyclic amide) rings is 1. The van der Waals surface area contributed by atoms with Crippen LogP contribution in [-0.4, -0.2) is 49.9 Å². The summed E-state index contributed by atoms with van der Waals surface area (Å²) in [6.45, 7) is 5.49. The predicted molar refractivity (Wildman–Crippen MR) is 105 cm³/mol. The third-order valence-corrected chi connectivity index (χ3v) is 6.16. The third kappa shape index (κ3) is 3.37. The number of nitrogen functional groups attached to an aromatic ring is 1. The highest BCUT2D eigenvalue weighted by atomic mass is 32.2. The molecule has 1 aromatic rings. The second-order valence-electron chi connectivity index (χ2n) is 5.84. The molecule has 2 amide bonds. The number of aromatic nitrogens is 1. The van der Waals surface area contributed by atoms with Gasteiger partial charge in [-0.25, -0.2) is 9.78 Å². The van der Waals surface area contributed by atoms with Gasteiger partial charge < -0.3 is 16.2 Å². The highest BCUT2D eigenvalue weighted by Gasteiger charge is 2.54. The van der Waals surface area contributed by atoms with Crippen molar-refractivity contribution in [3.05, 3.63) is 41.1 Å². The van der Waals surface area contributed by atoms with E-state index in [1.54, 1.807) is 11.5 Å². The average Bonchev–Trinajstić information content (AvgIpc) is 3.08. The summed E-state index contributed by atoms with van der Waals surface area (Å²) in [4.78, 5) is 42.1. The lowest BCUT2D eigenvalue weighted by atomic mass is 10.0. The average molecular weight is 406 g/mol. The Labute approximate surface area is 163 Å². The molecule has 0 aromatic carbocycles. The number of hydrogen-bond acceptors (Lipinski definition) is 7. The molecule has 142 valence electrons. The third-order valence-electron chi connectivity index (χ3n) is 4.18. The number of hydrogen-bond donors (Lipinski definition) is 3. The van der Waals surface area contributed by atoms with E-state index in [0.29, 0.717) is 34.1 Å².